The number of fused-ring (bicyclic) bond motifs is 1. The number of benzene rings is 1. The molecule has 1 aromatic heterocycles. The second-order valence-corrected chi connectivity index (χ2v) is 4.20. The molecule has 0 fully saturated rings. The molecule has 1 aromatic carbocycles. The van der Waals surface area contributed by atoms with Crippen molar-refractivity contribution >= 4 is 10.8 Å². The molecule has 0 aliphatic carbocycles. The van der Waals surface area contributed by atoms with Crippen LogP contribution in [-0.4, -0.2) is 11.1 Å². The van der Waals surface area contributed by atoms with Gasteiger partial charge in [-0.2, -0.15) is 0 Å². The number of aromatic nitrogens is 1. The number of rotatable bonds is 2. The van der Waals surface area contributed by atoms with Crippen molar-refractivity contribution in [3.63, 3.8) is 0 Å². The van der Waals surface area contributed by atoms with E-state index < -0.39 is 0 Å². The SMILES string of the molecule is Cc1ccc2c(=O)n([C@H](C)CN)ccc2c1. The number of hydrogen-bond donors (Lipinski definition) is 1. The summed E-state index contributed by atoms with van der Waals surface area (Å²) >= 11 is 0. The standard InChI is InChI=1S/C13H16N2O/c1-9-3-4-12-11(7-9)5-6-15(13(12)16)10(2)8-14/h3-7,10H,8,14H2,1-2H3/t10-/m1/s1. The van der Waals surface area contributed by atoms with Gasteiger partial charge in [-0.05, 0) is 31.4 Å². The lowest BCUT2D eigenvalue weighted by Crippen LogP contribution is -2.27. The molecule has 0 bridgehead atoms. The summed E-state index contributed by atoms with van der Waals surface area (Å²) in [5.74, 6) is 0. The Labute approximate surface area is 94.5 Å². The second kappa shape index (κ2) is 4.10. The van der Waals surface area contributed by atoms with Crippen LogP contribution in [0.4, 0.5) is 0 Å². The van der Waals surface area contributed by atoms with Gasteiger partial charge < -0.3 is 10.3 Å². The van der Waals surface area contributed by atoms with Crippen LogP contribution < -0.4 is 11.3 Å². The molecular formula is C13H16N2O. The van der Waals surface area contributed by atoms with E-state index in [0.717, 1.165) is 16.3 Å². The Morgan fingerprint density at radius 2 is 2.12 bits per heavy atom. The molecule has 0 unspecified atom stereocenters. The summed E-state index contributed by atoms with van der Waals surface area (Å²) in [4.78, 5) is 12.1. The molecule has 1 heterocycles. The fourth-order valence-corrected chi connectivity index (χ4v) is 1.84. The summed E-state index contributed by atoms with van der Waals surface area (Å²) in [5.41, 5.74) is 6.78. The van der Waals surface area contributed by atoms with Gasteiger partial charge >= 0.3 is 0 Å². The highest BCUT2D eigenvalue weighted by Crippen LogP contribution is 2.13. The van der Waals surface area contributed by atoms with E-state index in [0.29, 0.717) is 6.54 Å². The summed E-state index contributed by atoms with van der Waals surface area (Å²) in [6.45, 7) is 4.44. The van der Waals surface area contributed by atoms with Gasteiger partial charge in [0.15, 0.2) is 0 Å². The Morgan fingerprint density at radius 3 is 2.81 bits per heavy atom. The average Bonchev–Trinajstić information content (AvgIpc) is 2.28. The summed E-state index contributed by atoms with van der Waals surface area (Å²) in [7, 11) is 0. The second-order valence-electron chi connectivity index (χ2n) is 4.20. The minimum Gasteiger partial charge on any atom is -0.328 e. The first-order valence-corrected chi connectivity index (χ1v) is 5.45. The topological polar surface area (TPSA) is 48.0 Å². The molecule has 0 radical (unpaired) electrons. The van der Waals surface area contributed by atoms with Gasteiger partial charge in [0.1, 0.15) is 0 Å². The van der Waals surface area contributed by atoms with Crippen molar-refractivity contribution in [2.24, 2.45) is 5.73 Å². The highest BCUT2D eigenvalue weighted by Gasteiger charge is 2.07. The molecule has 2 rings (SSSR count). The molecule has 0 amide bonds. The van der Waals surface area contributed by atoms with E-state index in [-0.39, 0.29) is 11.6 Å². The van der Waals surface area contributed by atoms with Gasteiger partial charge in [-0.1, -0.05) is 17.7 Å². The van der Waals surface area contributed by atoms with Gasteiger partial charge in [0.2, 0.25) is 0 Å². The first-order chi connectivity index (χ1) is 7.63. The van der Waals surface area contributed by atoms with Crippen LogP contribution in [0.3, 0.4) is 0 Å². The number of nitrogens with zero attached hydrogens (tertiary/aromatic N) is 1. The summed E-state index contributed by atoms with van der Waals surface area (Å²) in [5, 5.41) is 1.75. The zero-order valence-electron chi connectivity index (χ0n) is 9.60. The molecule has 0 aliphatic heterocycles. The minimum absolute atomic E-state index is 0.0375. The molecule has 0 spiro atoms. The maximum absolute atomic E-state index is 12.1. The Hall–Kier alpha value is -1.61. The predicted molar refractivity (Wildman–Crippen MR) is 66.7 cm³/mol. The van der Waals surface area contributed by atoms with E-state index in [1.165, 1.54) is 0 Å². The molecule has 1 atom stereocenters. The van der Waals surface area contributed by atoms with Crippen molar-refractivity contribution in [2.75, 3.05) is 6.54 Å². The first kappa shape index (κ1) is 10.9. The van der Waals surface area contributed by atoms with Crippen LogP contribution in [-0.2, 0) is 0 Å². The van der Waals surface area contributed by atoms with Crippen molar-refractivity contribution in [1.82, 2.24) is 4.57 Å². The van der Waals surface area contributed by atoms with Crippen LogP contribution in [0, 0.1) is 6.92 Å². The molecule has 3 nitrogen and oxygen atoms in total. The fourth-order valence-electron chi connectivity index (χ4n) is 1.84. The fraction of sp³-hybridized carbons (Fsp3) is 0.308. The van der Waals surface area contributed by atoms with Crippen molar-refractivity contribution in [1.29, 1.82) is 0 Å². The van der Waals surface area contributed by atoms with Gasteiger partial charge in [-0.25, -0.2) is 0 Å². The lowest BCUT2D eigenvalue weighted by atomic mass is 10.1. The van der Waals surface area contributed by atoms with E-state index in [1.807, 2.05) is 44.3 Å². The van der Waals surface area contributed by atoms with Gasteiger partial charge in [0.25, 0.3) is 5.56 Å². The van der Waals surface area contributed by atoms with Crippen molar-refractivity contribution in [2.45, 2.75) is 19.9 Å². The monoisotopic (exact) mass is 216 g/mol. The van der Waals surface area contributed by atoms with Gasteiger partial charge in [-0.3, -0.25) is 4.79 Å². The van der Waals surface area contributed by atoms with E-state index in [9.17, 15) is 4.79 Å². The number of aryl methyl sites for hydroxylation is 1. The molecule has 2 N–H and O–H groups in total. The predicted octanol–water partition coefficient (Wildman–Crippen LogP) is 1.83. The zero-order chi connectivity index (χ0) is 11.7. The van der Waals surface area contributed by atoms with Crippen molar-refractivity contribution in [3.05, 3.63) is 46.4 Å². The van der Waals surface area contributed by atoms with E-state index in [1.54, 1.807) is 4.57 Å². The first-order valence-electron chi connectivity index (χ1n) is 5.45. The molecule has 16 heavy (non-hydrogen) atoms. The molecule has 0 aliphatic rings. The van der Waals surface area contributed by atoms with Crippen LogP contribution >= 0.6 is 0 Å². The largest absolute Gasteiger partial charge is 0.328 e. The molecule has 2 aromatic rings. The van der Waals surface area contributed by atoms with Gasteiger partial charge in [0.05, 0.1) is 0 Å². The Morgan fingerprint density at radius 1 is 1.38 bits per heavy atom. The third kappa shape index (κ3) is 1.74. The molecule has 84 valence electrons. The van der Waals surface area contributed by atoms with Gasteiger partial charge in [0, 0.05) is 24.2 Å². The van der Waals surface area contributed by atoms with Crippen LogP contribution in [0.2, 0.25) is 0 Å². The number of pyridine rings is 1. The zero-order valence-corrected chi connectivity index (χ0v) is 9.60. The Bertz CT molecular complexity index is 572. The minimum atomic E-state index is 0.0375. The third-order valence-electron chi connectivity index (χ3n) is 2.90. The number of hydrogen-bond acceptors (Lipinski definition) is 2. The average molecular weight is 216 g/mol. The highest BCUT2D eigenvalue weighted by molar-refractivity contribution is 5.82. The summed E-state index contributed by atoms with van der Waals surface area (Å²) in [6, 6.07) is 7.87. The van der Waals surface area contributed by atoms with Crippen molar-refractivity contribution < 1.29 is 0 Å². The number of nitrogens with two attached hydrogens (primary N) is 1. The molecule has 0 saturated heterocycles. The third-order valence-corrected chi connectivity index (χ3v) is 2.90. The van der Waals surface area contributed by atoms with Crippen LogP contribution in [0.5, 0.6) is 0 Å². The Balaban J connectivity index is 2.71. The van der Waals surface area contributed by atoms with E-state index >= 15 is 0 Å². The smallest absolute Gasteiger partial charge is 0.258 e. The molecule has 0 saturated carbocycles. The normalized spacial score (nSPS) is 12.9. The quantitative estimate of drug-likeness (QED) is 0.832. The van der Waals surface area contributed by atoms with Gasteiger partial charge in [-0.15, -0.1) is 0 Å². The summed E-state index contributed by atoms with van der Waals surface area (Å²) in [6.07, 6.45) is 1.82. The highest BCUT2D eigenvalue weighted by atomic mass is 16.1. The lowest BCUT2D eigenvalue weighted by molar-refractivity contribution is 0.543. The lowest BCUT2D eigenvalue weighted by Gasteiger charge is -2.13. The van der Waals surface area contributed by atoms with E-state index in [4.69, 9.17) is 5.73 Å². The van der Waals surface area contributed by atoms with Crippen molar-refractivity contribution in [3.8, 4) is 0 Å². The van der Waals surface area contributed by atoms with Crippen LogP contribution in [0.25, 0.3) is 10.8 Å². The Kier molecular flexibility index (Phi) is 2.79. The van der Waals surface area contributed by atoms with Crippen LogP contribution in [0.15, 0.2) is 35.3 Å². The summed E-state index contributed by atoms with van der Waals surface area (Å²) < 4.78 is 1.69. The van der Waals surface area contributed by atoms with E-state index in [2.05, 4.69) is 0 Å². The maximum atomic E-state index is 12.1. The molecule has 3 heteroatoms. The molecular weight excluding hydrogens is 200 g/mol. The maximum Gasteiger partial charge on any atom is 0.258 e. The van der Waals surface area contributed by atoms with Crippen LogP contribution in [0.1, 0.15) is 18.5 Å².